The predicted octanol–water partition coefficient (Wildman–Crippen LogP) is 1.83. The van der Waals surface area contributed by atoms with Gasteiger partial charge >= 0.3 is 11.1 Å². The van der Waals surface area contributed by atoms with Crippen LogP contribution in [0, 0.1) is 5.82 Å². The second-order valence-electron chi connectivity index (χ2n) is 5.61. The molecule has 26 heavy (non-hydrogen) atoms. The maximum absolute atomic E-state index is 13.2. The maximum Gasteiger partial charge on any atom is 0.316 e. The molecule has 0 saturated carbocycles. The Kier molecular flexibility index (Phi) is 4.37. The lowest BCUT2D eigenvalue weighted by Crippen LogP contribution is -2.39. The van der Waals surface area contributed by atoms with E-state index >= 15 is 0 Å². The Hall–Kier alpha value is -2.65. The molecule has 0 bridgehead atoms. The molecule has 0 amide bonds. The molecule has 0 fully saturated rings. The Morgan fingerprint density at radius 2 is 1.58 bits per heavy atom. The third-order valence-electron chi connectivity index (χ3n) is 3.94. The second-order valence-corrected chi connectivity index (χ2v) is 7.70. The molecule has 0 aliphatic rings. The van der Waals surface area contributed by atoms with Crippen molar-refractivity contribution in [2.24, 2.45) is 14.1 Å². The van der Waals surface area contributed by atoms with E-state index in [2.05, 4.69) is 4.72 Å². The average molecular weight is 398 g/mol. The Labute approximate surface area is 152 Å². The van der Waals surface area contributed by atoms with Crippen LogP contribution in [0.25, 0.3) is 11.0 Å². The molecule has 3 rings (SSSR count). The summed E-state index contributed by atoms with van der Waals surface area (Å²) in [6.07, 6.45) is 0. The summed E-state index contributed by atoms with van der Waals surface area (Å²) in [6.45, 7) is 0. The van der Waals surface area contributed by atoms with Crippen LogP contribution in [-0.4, -0.2) is 17.6 Å². The van der Waals surface area contributed by atoms with E-state index in [1.54, 1.807) is 0 Å². The minimum absolute atomic E-state index is 0.0887. The van der Waals surface area contributed by atoms with E-state index in [4.69, 9.17) is 11.6 Å². The number of nitrogens with zero attached hydrogens (tertiary/aromatic N) is 2. The molecule has 0 aliphatic carbocycles. The third kappa shape index (κ3) is 2.99. The first kappa shape index (κ1) is 18.2. The molecule has 7 nitrogen and oxygen atoms in total. The molecule has 136 valence electrons. The van der Waals surface area contributed by atoms with Gasteiger partial charge in [0.1, 0.15) is 5.82 Å². The van der Waals surface area contributed by atoms with Crippen molar-refractivity contribution >= 4 is 38.3 Å². The monoisotopic (exact) mass is 397 g/mol. The second kappa shape index (κ2) is 6.26. The highest BCUT2D eigenvalue weighted by molar-refractivity contribution is 7.92. The summed E-state index contributed by atoms with van der Waals surface area (Å²) in [5.41, 5.74) is -0.716. The number of aryl methyl sites for hydroxylation is 2. The van der Waals surface area contributed by atoms with Crippen molar-refractivity contribution in [2.45, 2.75) is 4.90 Å². The zero-order valence-corrected chi connectivity index (χ0v) is 15.2. The van der Waals surface area contributed by atoms with Gasteiger partial charge in [0.2, 0.25) is 0 Å². The molecule has 0 spiro atoms. The normalized spacial score (nSPS) is 11.7. The lowest BCUT2D eigenvalue weighted by atomic mass is 10.3. The molecule has 10 heteroatoms. The summed E-state index contributed by atoms with van der Waals surface area (Å²) in [6, 6.07) is 7.44. The Morgan fingerprint density at radius 3 is 2.19 bits per heavy atom. The number of fused-ring (bicyclic) bond motifs is 1. The van der Waals surface area contributed by atoms with Crippen molar-refractivity contribution in [3.8, 4) is 0 Å². The van der Waals surface area contributed by atoms with Gasteiger partial charge in [0.05, 0.1) is 26.6 Å². The minimum Gasteiger partial charge on any atom is -0.305 e. The van der Waals surface area contributed by atoms with E-state index in [0.29, 0.717) is 5.52 Å². The Morgan fingerprint density at radius 1 is 0.962 bits per heavy atom. The molecule has 2 aromatic carbocycles. The highest BCUT2D eigenvalue weighted by Gasteiger charge is 2.18. The lowest BCUT2D eigenvalue weighted by Gasteiger charge is -2.12. The van der Waals surface area contributed by atoms with E-state index in [9.17, 15) is 22.4 Å². The molecule has 0 aliphatic heterocycles. The number of rotatable bonds is 3. The van der Waals surface area contributed by atoms with Crippen molar-refractivity contribution in [1.82, 2.24) is 9.13 Å². The van der Waals surface area contributed by atoms with E-state index < -0.39 is 27.0 Å². The van der Waals surface area contributed by atoms with Crippen molar-refractivity contribution in [3.63, 3.8) is 0 Å². The lowest BCUT2D eigenvalue weighted by molar-refractivity contribution is 0.601. The number of aromatic nitrogens is 2. The van der Waals surface area contributed by atoms with E-state index in [0.717, 1.165) is 21.3 Å². The van der Waals surface area contributed by atoms with Gasteiger partial charge in [-0.05, 0) is 36.4 Å². The van der Waals surface area contributed by atoms with Gasteiger partial charge in [-0.1, -0.05) is 11.6 Å². The predicted molar refractivity (Wildman–Crippen MR) is 96.6 cm³/mol. The van der Waals surface area contributed by atoms with Gasteiger partial charge in [0.25, 0.3) is 10.0 Å². The average Bonchev–Trinajstić information content (AvgIpc) is 2.60. The summed E-state index contributed by atoms with van der Waals surface area (Å²) in [4.78, 5) is 23.7. The van der Waals surface area contributed by atoms with E-state index in [1.165, 1.54) is 38.4 Å². The van der Waals surface area contributed by atoms with Crippen LogP contribution < -0.4 is 15.8 Å². The van der Waals surface area contributed by atoms with Crippen LogP contribution in [0.3, 0.4) is 0 Å². The zero-order chi connectivity index (χ0) is 19.2. The highest BCUT2D eigenvalue weighted by Crippen LogP contribution is 2.23. The molecule has 1 heterocycles. The van der Waals surface area contributed by atoms with Crippen LogP contribution >= 0.6 is 11.6 Å². The Balaban J connectivity index is 2.13. The van der Waals surface area contributed by atoms with Crippen LogP contribution in [0.1, 0.15) is 0 Å². The minimum atomic E-state index is -4.02. The standard InChI is InChI=1S/C16H13ClFN3O4S/c1-20-13-6-4-10(8-14(13)21(2)16(23)15(20)22)26(24,25)19-9-3-5-12(18)11(17)7-9/h3-8,19H,1-2H3. The third-order valence-corrected chi connectivity index (χ3v) is 5.61. The quantitative estimate of drug-likeness (QED) is 0.683. The number of halogens is 2. The first-order valence-corrected chi connectivity index (χ1v) is 9.15. The number of hydrogen-bond donors (Lipinski definition) is 1. The van der Waals surface area contributed by atoms with Crippen LogP contribution in [0.15, 0.2) is 50.9 Å². The molecule has 1 N–H and O–H groups in total. The largest absolute Gasteiger partial charge is 0.316 e. The van der Waals surface area contributed by atoms with E-state index in [-0.39, 0.29) is 21.1 Å². The maximum atomic E-state index is 13.2. The van der Waals surface area contributed by atoms with Crippen molar-refractivity contribution in [3.05, 3.63) is 67.9 Å². The van der Waals surface area contributed by atoms with Gasteiger partial charge in [-0.3, -0.25) is 14.3 Å². The van der Waals surface area contributed by atoms with Gasteiger partial charge in [0, 0.05) is 14.1 Å². The van der Waals surface area contributed by atoms with Crippen LogP contribution in [0.5, 0.6) is 0 Å². The fourth-order valence-corrected chi connectivity index (χ4v) is 3.75. The summed E-state index contributed by atoms with van der Waals surface area (Å²) in [7, 11) is -1.21. The molecule has 3 aromatic rings. The van der Waals surface area contributed by atoms with Crippen molar-refractivity contribution < 1.29 is 12.8 Å². The smallest absolute Gasteiger partial charge is 0.305 e. The first-order valence-electron chi connectivity index (χ1n) is 7.29. The molecule has 0 radical (unpaired) electrons. The fourth-order valence-electron chi connectivity index (χ4n) is 2.50. The number of hydrogen-bond acceptors (Lipinski definition) is 4. The molecule has 0 unspecified atom stereocenters. The van der Waals surface area contributed by atoms with Gasteiger partial charge in [-0.15, -0.1) is 0 Å². The number of sulfonamides is 1. The van der Waals surface area contributed by atoms with Gasteiger partial charge in [-0.25, -0.2) is 12.8 Å². The van der Waals surface area contributed by atoms with Gasteiger partial charge < -0.3 is 9.13 Å². The SMILES string of the molecule is Cn1c(=O)c(=O)n(C)c2cc(S(=O)(=O)Nc3ccc(F)c(Cl)c3)ccc21. The summed E-state index contributed by atoms with van der Waals surface area (Å²) < 4.78 is 42.9. The molecule has 0 atom stereocenters. The molecule has 0 saturated heterocycles. The molecule has 1 aromatic heterocycles. The summed E-state index contributed by atoms with van der Waals surface area (Å²) in [5.74, 6) is -0.670. The molecular weight excluding hydrogens is 385 g/mol. The van der Waals surface area contributed by atoms with Gasteiger partial charge in [-0.2, -0.15) is 0 Å². The van der Waals surface area contributed by atoms with Crippen molar-refractivity contribution in [2.75, 3.05) is 4.72 Å². The topological polar surface area (TPSA) is 90.2 Å². The summed E-state index contributed by atoms with van der Waals surface area (Å²) >= 11 is 5.66. The fraction of sp³-hybridized carbons (Fsp3) is 0.125. The van der Waals surface area contributed by atoms with Crippen LogP contribution in [0.4, 0.5) is 10.1 Å². The Bertz CT molecular complexity index is 1260. The summed E-state index contributed by atoms with van der Waals surface area (Å²) in [5, 5.41) is -0.221. The van der Waals surface area contributed by atoms with E-state index in [1.807, 2.05) is 0 Å². The highest BCUT2D eigenvalue weighted by atomic mass is 35.5. The number of anilines is 1. The van der Waals surface area contributed by atoms with Crippen molar-refractivity contribution in [1.29, 1.82) is 0 Å². The number of benzene rings is 2. The molecular formula is C16H13ClFN3O4S. The van der Waals surface area contributed by atoms with Crippen LogP contribution in [-0.2, 0) is 24.1 Å². The number of nitrogens with one attached hydrogen (secondary N) is 1. The zero-order valence-electron chi connectivity index (χ0n) is 13.7. The first-order chi connectivity index (χ1) is 12.1. The van der Waals surface area contributed by atoms with Gasteiger partial charge in [0.15, 0.2) is 0 Å². The van der Waals surface area contributed by atoms with Crippen LogP contribution in [0.2, 0.25) is 5.02 Å².